The van der Waals surface area contributed by atoms with Gasteiger partial charge in [-0.05, 0) is 31.3 Å². The second kappa shape index (κ2) is 3.84. The maximum Gasteiger partial charge on any atom is -0.00206 e. The molecule has 3 heteroatoms. The highest BCUT2D eigenvalue weighted by atomic mass is 33.1. The lowest BCUT2D eigenvalue weighted by molar-refractivity contribution is 0.711. The highest BCUT2D eigenvalue weighted by Crippen LogP contribution is 2.17. The molecule has 0 aromatic rings. The molecule has 0 fully saturated rings. The van der Waals surface area contributed by atoms with Crippen molar-refractivity contribution in [2.75, 3.05) is 20.4 Å². The molecule has 0 atom stereocenters. The molecule has 0 spiro atoms. The Morgan fingerprint density at radius 1 is 1.33 bits per heavy atom. The molecule has 0 heterocycles. The molecule has 0 saturated heterocycles. The Balaban J connectivity index is 2.63. The monoisotopic (exact) mass is 123 g/mol. The van der Waals surface area contributed by atoms with Crippen LogP contribution in [0.5, 0.6) is 0 Å². The first-order chi connectivity index (χ1) is 2.77. The van der Waals surface area contributed by atoms with E-state index in [1.165, 1.54) is 0 Å². The van der Waals surface area contributed by atoms with Gasteiger partial charge in [0.2, 0.25) is 0 Å². The molecule has 0 radical (unpaired) electrons. The summed E-state index contributed by atoms with van der Waals surface area (Å²) < 4.78 is 2.06. The van der Waals surface area contributed by atoms with Gasteiger partial charge in [0.1, 0.15) is 0 Å². The fourth-order valence-electron chi connectivity index (χ4n) is 0.149. The van der Waals surface area contributed by atoms with Crippen molar-refractivity contribution in [3.63, 3.8) is 0 Å². The Morgan fingerprint density at radius 2 is 1.83 bits per heavy atom. The lowest BCUT2D eigenvalue weighted by Crippen LogP contribution is -1.94. The van der Waals surface area contributed by atoms with Gasteiger partial charge in [0.25, 0.3) is 0 Å². The molecular weight excluding hydrogens is 114 g/mol. The van der Waals surface area contributed by atoms with Crippen LogP contribution in [0.4, 0.5) is 0 Å². The summed E-state index contributed by atoms with van der Waals surface area (Å²) in [6, 6.07) is 0. The van der Waals surface area contributed by atoms with Crippen LogP contribution in [0.1, 0.15) is 0 Å². The molecule has 0 aromatic carbocycles. The molecular formula is C3H9NS2. The van der Waals surface area contributed by atoms with Crippen molar-refractivity contribution >= 4 is 21.8 Å². The van der Waals surface area contributed by atoms with E-state index in [1.54, 1.807) is 21.8 Å². The van der Waals surface area contributed by atoms with Gasteiger partial charge < -0.3 is 0 Å². The molecule has 1 nitrogen and oxygen atoms in total. The van der Waals surface area contributed by atoms with Crippen molar-refractivity contribution in [3.8, 4) is 0 Å². The Morgan fingerprint density at radius 3 is 1.83 bits per heavy atom. The summed E-state index contributed by atoms with van der Waals surface area (Å²) in [6.07, 6.45) is 2.06. The first-order valence-corrected chi connectivity index (χ1v) is 4.17. The third-order valence-electron chi connectivity index (χ3n) is 0.224. The summed E-state index contributed by atoms with van der Waals surface area (Å²) >= 11 is 0. The fourth-order valence-corrected chi connectivity index (χ4v) is 1.34. The summed E-state index contributed by atoms with van der Waals surface area (Å²) in [7, 11) is 7.55. The van der Waals surface area contributed by atoms with Gasteiger partial charge in [-0.15, -0.1) is 0 Å². The van der Waals surface area contributed by atoms with E-state index in [-0.39, 0.29) is 0 Å². The average Bonchev–Trinajstić information content (AvgIpc) is 1.35. The van der Waals surface area contributed by atoms with Gasteiger partial charge in [-0.3, -0.25) is 0 Å². The molecule has 0 aromatic heterocycles. The van der Waals surface area contributed by atoms with Gasteiger partial charge >= 0.3 is 0 Å². The van der Waals surface area contributed by atoms with Crippen LogP contribution >= 0.6 is 21.8 Å². The van der Waals surface area contributed by atoms with Crippen molar-refractivity contribution in [1.82, 2.24) is 4.31 Å². The van der Waals surface area contributed by atoms with Crippen LogP contribution in [0.15, 0.2) is 0 Å². The van der Waals surface area contributed by atoms with Crippen LogP contribution in [0, 0.1) is 0 Å². The second-order valence-corrected chi connectivity index (χ2v) is 3.71. The summed E-state index contributed by atoms with van der Waals surface area (Å²) in [5.74, 6) is 0. The third kappa shape index (κ3) is 4.66. The first-order valence-electron chi connectivity index (χ1n) is 1.65. The van der Waals surface area contributed by atoms with Crippen LogP contribution in [-0.4, -0.2) is 24.7 Å². The quantitative estimate of drug-likeness (QED) is 0.404. The molecule has 0 unspecified atom stereocenters. The highest BCUT2D eigenvalue weighted by molar-refractivity contribution is 8.75. The Labute approximate surface area is 47.0 Å². The number of rotatable bonds is 2. The maximum atomic E-state index is 2.06. The van der Waals surface area contributed by atoms with Crippen LogP contribution in [-0.2, 0) is 0 Å². The van der Waals surface area contributed by atoms with Gasteiger partial charge in [0, 0.05) is 0 Å². The molecule has 0 N–H and O–H groups in total. The van der Waals surface area contributed by atoms with Gasteiger partial charge in [-0.1, -0.05) is 10.8 Å². The van der Waals surface area contributed by atoms with Crippen LogP contribution < -0.4 is 0 Å². The second-order valence-electron chi connectivity index (χ2n) is 1.05. The molecule has 0 amide bonds. The zero-order chi connectivity index (χ0) is 4.99. The smallest absolute Gasteiger partial charge is 0.00206 e. The van der Waals surface area contributed by atoms with E-state index in [2.05, 4.69) is 10.6 Å². The minimum Gasteiger partial charge on any atom is -0.247 e. The van der Waals surface area contributed by atoms with E-state index in [9.17, 15) is 0 Å². The number of nitrogens with zero attached hydrogens (tertiary/aromatic N) is 1. The van der Waals surface area contributed by atoms with Crippen molar-refractivity contribution < 1.29 is 0 Å². The van der Waals surface area contributed by atoms with Gasteiger partial charge in [-0.2, -0.15) is 0 Å². The van der Waals surface area contributed by atoms with E-state index in [0.29, 0.717) is 0 Å². The summed E-state index contributed by atoms with van der Waals surface area (Å²) in [6.45, 7) is 0. The first kappa shape index (κ1) is 6.66. The maximum absolute atomic E-state index is 2.06. The van der Waals surface area contributed by atoms with E-state index < -0.39 is 0 Å². The zero-order valence-corrected chi connectivity index (χ0v) is 5.90. The Kier molecular flexibility index (Phi) is 4.26. The van der Waals surface area contributed by atoms with E-state index in [1.807, 2.05) is 14.1 Å². The van der Waals surface area contributed by atoms with E-state index in [0.717, 1.165) is 0 Å². The minimum atomic E-state index is 1.74. The zero-order valence-electron chi connectivity index (χ0n) is 4.26. The highest BCUT2D eigenvalue weighted by Gasteiger charge is 1.81. The molecule has 0 aliphatic heterocycles. The largest absolute Gasteiger partial charge is 0.247 e. The SMILES string of the molecule is CSSN(C)C. The topological polar surface area (TPSA) is 3.24 Å². The lowest BCUT2D eigenvalue weighted by atomic mass is 11.3. The van der Waals surface area contributed by atoms with Crippen molar-refractivity contribution in [2.45, 2.75) is 0 Å². The standard InChI is InChI=1S/C3H9NS2/c1-4(2)6-5-3/h1-3H3. The van der Waals surface area contributed by atoms with Crippen molar-refractivity contribution in [1.29, 1.82) is 0 Å². The lowest BCUT2D eigenvalue weighted by Gasteiger charge is -2.01. The molecule has 0 aliphatic carbocycles. The predicted octanol–water partition coefficient (Wildman–Crippen LogP) is 1.47. The van der Waals surface area contributed by atoms with Gasteiger partial charge in [-0.25, -0.2) is 4.31 Å². The van der Waals surface area contributed by atoms with E-state index >= 15 is 0 Å². The predicted molar refractivity (Wildman–Crippen MR) is 34.8 cm³/mol. The molecule has 0 rings (SSSR count). The summed E-state index contributed by atoms with van der Waals surface area (Å²) in [5.41, 5.74) is 0. The molecule has 38 valence electrons. The van der Waals surface area contributed by atoms with Crippen molar-refractivity contribution in [2.24, 2.45) is 0 Å². The normalized spacial score (nSPS) is 10.0. The van der Waals surface area contributed by atoms with Crippen LogP contribution in [0.2, 0.25) is 0 Å². The van der Waals surface area contributed by atoms with Gasteiger partial charge in [0.05, 0.1) is 0 Å². The molecule has 0 saturated carbocycles. The molecule has 0 aliphatic rings. The third-order valence-corrected chi connectivity index (χ3v) is 2.01. The fraction of sp³-hybridized carbons (Fsp3) is 1.00. The Bertz CT molecular complexity index is 30.0. The van der Waals surface area contributed by atoms with Crippen LogP contribution in [0.3, 0.4) is 0 Å². The van der Waals surface area contributed by atoms with Crippen molar-refractivity contribution in [3.05, 3.63) is 0 Å². The average molecular weight is 123 g/mol. The van der Waals surface area contributed by atoms with E-state index in [4.69, 9.17) is 0 Å². The number of hydrogen-bond donors (Lipinski definition) is 0. The summed E-state index contributed by atoms with van der Waals surface area (Å²) in [5, 5.41) is 0. The molecule has 6 heavy (non-hydrogen) atoms. The Hall–Kier alpha value is 0.660. The van der Waals surface area contributed by atoms with Crippen LogP contribution in [0.25, 0.3) is 0 Å². The summed E-state index contributed by atoms with van der Waals surface area (Å²) in [4.78, 5) is 0. The minimum absolute atomic E-state index is 1.74. The molecule has 0 bridgehead atoms. The number of hydrogen-bond acceptors (Lipinski definition) is 3. The van der Waals surface area contributed by atoms with Gasteiger partial charge in [0.15, 0.2) is 0 Å².